The SMILES string of the molecule is O=[N+]([O-])c1cccc([C@@H](c2nncs2)C2CCC2)c1. The Bertz CT molecular complexity index is 581. The Balaban J connectivity index is 1.99. The van der Waals surface area contributed by atoms with Crippen LogP contribution in [0.25, 0.3) is 0 Å². The molecule has 0 radical (unpaired) electrons. The van der Waals surface area contributed by atoms with E-state index in [1.54, 1.807) is 17.6 Å². The molecule has 1 aliphatic rings. The van der Waals surface area contributed by atoms with Crippen molar-refractivity contribution in [1.29, 1.82) is 0 Å². The highest BCUT2D eigenvalue weighted by Gasteiger charge is 2.32. The van der Waals surface area contributed by atoms with E-state index >= 15 is 0 Å². The molecule has 6 heteroatoms. The molecule has 0 N–H and O–H groups in total. The van der Waals surface area contributed by atoms with Gasteiger partial charge in [0.15, 0.2) is 0 Å². The van der Waals surface area contributed by atoms with Crippen LogP contribution in [0.4, 0.5) is 5.69 Å². The zero-order chi connectivity index (χ0) is 13.2. The summed E-state index contributed by atoms with van der Waals surface area (Å²) in [6.07, 6.45) is 3.55. The first-order valence-corrected chi connectivity index (χ1v) is 7.14. The molecule has 0 bridgehead atoms. The molecule has 1 aliphatic carbocycles. The first-order valence-electron chi connectivity index (χ1n) is 6.26. The Morgan fingerprint density at radius 2 is 2.26 bits per heavy atom. The van der Waals surface area contributed by atoms with Crippen molar-refractivity contribution in [2.45, 2.75) is 25.2 Å². The number of aromatic nitrogens is 2. The van der Waals surface area contributed by atoms with Gasteiger partial charge in [-0.3, -0.25) is 10.1 Å². The Labute approximate surface area is 114 Å². The van der Waals surface area contributed by atoms with Crippen LogP contribution < -0.4 is 0 Å². The third-order valence-electron chi connectivity index (χ3n) is 3.70. The lowest BCUT2D eigenvalue weighted by Crippen LogP contribution is -2.21. The van der Waals surface area contributed by atoms with Gasteiger partial charge >= 0.3 is 0 Å². The summed E-state index contributed by atoms with van der Waals surface area (Å²) in [6.45, 7) is 0. The molecule has 5 nitrogen and oxygen atoms in total. The lowest BCUT2D eigenvalue weighted by Gasteiger charge is -2.32. The number of non-ortho nitro benzene ring substituents is 1. The summed E-state index contributed by atoms with van der Waals surface area (Å²) in [5, 5.41) is 19.9. The van der Waals surface area contributed by atoms with Gasteiger partial charge in [-0.05, 0) is 24.3 Å². The number of rotatable bonds is 4. The average Bonchev–Trinajstić information content (AvgIpc) is 2.87. The zero-order valence-corrected chi connectivity index (χ0v) is 11.0. The van der Waals surface area contributed by atoms with Gasteiger partial charge in [-0.2, -0.15) is 0 Å². The van der Waals surface area contributed by atoms with Crippen LogP contribution in [0.15, 0.2) is 29.8 Å². The van der Waals surface area contributed by atoms with Crippen LogP contribution in [0.5, 0.6) is 0 Å². The summed E-state index contributed by atoms with van der Waals surface area (Å²) in [4.78, 5) is 10.6. The Morgan fingerprint density at radius 3 is 2.84 bits per heavy atom. The first kappa shape index (κ1) is 12.2. The van der Waals surface area contributed by atoms with E-state index in [9.17, 15) is 10.1 Å². The molecule has 0 spiro atoms. The smallest absolute Gasteiger partial charge is 0.258 e. The fourth-order valence-corrected chi connectivity index (χ4v) is 3.31. The molecule has 98 valence electrons. The third kappa shape index (κ3) is 2.35. The van der Waals surface area contributed by atoms with E-state index in [2.05, 4.69) is 10.2 Å². The zero-order valence-electron chi connectivity index (χ0n) is 10.2. The van der Waals surface area contributed by atoms with Crippen molar-refractivity contribution in [2.75, 3.05) is 0 Å². The number of nitro groups is 1. The predicted molar refractivity (Wildman–Crippen MR) is 72.2 cm³/mol. The van der Waals surface area contributed by atoms with Crippen molar-refractivity contribution in [3.05, 3.63) is 50.5 Å². The van der Waals surface area contributed by atoms with Gasteiger partial charge in [0.05, 0.1) is 4.92 Å². The van der Waals surface area contributed by atoms with E-state index in [1.165, 1.54) is 23.8 Å². The van der Waals surface area contributed by atoms with E-state index < -0.39 is 0 Å². The number of hydrogen-bond acceptors (Lipinski definition) is 5. The monoisotopic (exact) mass is 275 g/mol. The van der Waals surface area contributed by atoms with Crippen molar-refractivity contribution < 1.29 is 4.92 Å². The van der Waals surface area contributed by atoms with E-state index in [0.29, 0.717) is 5.92 Å². The quantitative estimate of drug-likeness (QED) is 0.633. The molecule has 0 amide bonds. The normalized spacial score (nSPS) is 16.8. The van der Waals surface area contributed by atoms with Crippen molar-refractivity contribution in [3.63, 3.8) is 0 Å². The van der Waals surface area contributed by atoms with E-state index in [-0.39, 0.29) is 16.5 Å². The van der Waals surface area contributed by atoms with Gasteiger partial charge < -0.3 is 0 Å². The molecule has 1 aromatic heterocycles. The van der Waals surface area contributed by atoms with E-state index in [0.717, 1.165) is 23.4 Å². The molecule has 0 aliphatic heterocycles. The number of nitrogens with zero attached hydrogens (tertiary/aromatic N) is 3. The Kier molecular flexibility index (Phi) is 3.25. The van der Waals surface area contributed by atoms with E-state index in [1.807, 2.05) is 6.07 Å². The minimum Gasteiger partial charge on any atom is -0.258 e. The second kappa shape index (κ2) is 5.05. The summed E-state index contributed by atoms with van der Waals surface area (Å²) in [5.74, 6) is 0.691. The summed E-state index contributed by atoms with van der Waals surface area (Å²) in [6, 6.07) is 6.91. The number of nitro benzene ring substituents is 1. The van der Waals surface area contributed by atoms with Crippen molar-refractivity contribution in [1.82, 2.24) is 10.2 Å². The van der Waals surface area contributed by atoms with Gasteiger partial charge in [0.2, 0.25) is 0 Å². The third-order valence-corrected chi connectivity index (χ3v) is 4.48. The Morgan fingerprint density at radius 1 is 1.42 bits per heavy atom. The summed E-state index contributed by atoms with van der Waals surface area (Å²) >= 11 is 1.53. The van der Waals surface area contributed by atoms with Gasteiger partial charge in [0.1, 0.15) is 10.5 Å². The molecule has 1 heterocycles. The van der Waals surface area contributed by atoms with Gasteiger partial charge in [-0.25, -0.2) is 0 Å². The predicted octanol–water partition coefficient (Wildman–Crippen LogP) is 3.38. The van der Waals surface area contributed by atoms with Crippen LogP contribution >= 0.6 is 11.3 Å². The standard InChI is InChI=1S/C13H13N3O2S/c17-16(18)11-6-2-5-10(7-11)12(9-3-1-4-9)13-15-14-8-19-13/h2,5-9,12H,1,3-4H2/t12-/m0/s1. The molecule has 1 fully saturated rings. The summed E-state index contributed by atoms with van der Waals surface area (Å²) < 4.78 is 0. The minimum absolute atomic E-state index is 0.145. The topological polar surface area (TPSA) is 68.9 Å². The van der Waals surface area contributed by atoms with Gasteiger partial charge in [0.25, 0.3) is 5.69 Å². The molecular weight excluding hydrogens is 262 g/mol. The lowest BCUT2D eigenvalue weighted by molar-refractivity contribution is -0.384. The van der Waals surface area contributed by atoms with Crippen molar-refractivity contribution >= 4 is 17.0 Å². The van der Waals surface area contributed by atoms with Crippen LogP contribution in [-0.4, -0.2) is 15.1 Å². The van der Waals surface area contributed by atoms with Crippen LogP contribution in [0, 0.1) is 16.0 Å². The molecular formula is C13H13N3O2S. The molecule has 0 saturated heterocycles. The minimum atomic E-state index is -0.346. The van der Waals surface area contributed by atoms with Crippen molar-refractivity contribution in [3.8, 4) is 0 Å². The molecule has 1 atom stereocenters. The number of benzene rings is 1. The average molecular weight is 275 g/mol. The summed E-state index contributed by atoms with van der Waals surface area (Å²) in [7, 11) is 0. The largest absolute Gasteiger partial charge is 0.269 e. The van der Waals surface area contributed by atoms with Crippen LogP contribution in [-0.2, 0) is 0 Å². The Hall–Kier alpha value is -1.82. The number of hydrogen-bond donors (Lipinski definition) is 0. The maximum atomic E-state index is 10.9. The van der Waals surface area contributed by atoms with Crippen LogP contribution in [0.2, 0.25) is 0 Å². The maximum Gasteiger partial charge on any atom is 0.269 e. The van der Waals surface area contributed by atoms with Gasteiger partial charge in [0, 0.05) is 18.1 Å². The highest BCUT2D eigenvalue weighted by Crippen LogP contribution is 2.44. The van der Waals surface area contributed by atoms with Gasteiger partial charge in [-0.15, -0.1) is 21.5 Å². The van der Waals surface area contributed by atoms with Gasteiger partial charge in [-0.1, -0.05) is 18.6 Å². The molecule has 2 aromatic rings. The molecule has 3 rings (SSSR count). The fraction of sp³-hybridized carbons (Fsp3) is 0.385. The second-order valence-electron chi connectivity index (χ2n) is 4.80. The highest BCUT2D eigenvalue weighted by molar-refractivity contribution is 7.09. The van der Waals surface area contributed by atoms with Crippen LogP contribution in [0.1, 0.15) is 35.8 Å². The van der Waals surface area contributed by atoms with E-state index in [4.69, 9.17) is 0 Å². The fourth-order valence-electron chi connectivity index (χ4n) is 2.54. The molecule has 1 saturated carbocycles. The summed E-state index contributed by atoms with van der Waals surface area (Å²) in [5.41, 5.74) is 2.85. The molecule has 19 heavy (non-hydrogen) atoms. The van der Waals surface area contributed by atoms with Crippen LogP contribution in [0.3, 0.4) is 0 Å². The maximum absolute atomic E-state index is 10.9. The highest BCUT2D eigenvalue weighted by atomic mass is 32.1. The second-order valence-corrected chi connectivity index (χ2v) is 5.66. The first-order chi connectivity index (χ1) is 9.25. The lowest BCUT2D eigenvalue weighted by atomic mass is 9.73. The molecule has 1 aromatic carbocycles. The van der Waals surface area contributed by atoms with Crippen molar-refractivity contribution in [2.24, 2.45) is 5.92 Å². The molecule has 0 unspecified atom stereocenters.